The molecule has 0 radical (unpaired) electrons. The summed E-state index contributed by atoms with van der Waals surface area (Å²) in [6.45, 7) is 1.62. The second-order valence-corrected chi connectivity index (χ2v) is 5.08. The number of hydrogen-bond acceptors (Lipinski definition) is 4. The summed E-state index contributed by atoms with van der Waals surface area (Å²) in [6, 6.07) is 3.55. The molecule has 1 aliphatic rings. The standard InChI is InChI=1S/C16H21N3O2/c1-19(12-14-8-2-3-11-21-14)16(20)15-13(6-4-9-17)7-5-10-18-15/h5,7,10,14H,2-3,8-9,11-12,17H2,1H3. The summed E-state index contributed by atoms with van der Waals surface area (Å²) in [6.07, 6.45) is 4.98. The van der Waals surface area contributed by atoms with Crippen molar-refractivity contribution < 1.29 is 9.53 Å². The Hall–Kier alpha value is -1.90. The second-order valence-electron chi connectivity index (χ2n) is 5.08. The Labute approximate surface area is 125 Å². The number of amides is 1. The first-order chi connectivity index (χ1) is 10.2. The molecule has 2 N–H and O–H groups in total. The van der Waals surface area contributed by atoms with Crippen LogP contribution in [0.25, 0.3) is 0 Å². The predicted octanol–water partition coefficient (Wildman–Crippen LogP) is 1.03. The number of aromatic nitrogens is 1. The molecular weight excluding hydrogens is 266 g/mol. The van der Waals surface area contributed by atoms with Gasteiger partial charge < -0.3 is 15.4 Å². The minimum Gasteiger partial charge on any atom is -0.376 e. The quantitative estimate of drug-likeness (QED) is 0.843. The van der Waals surface area contributed by atoms with Gasteiger partial charge in [0, 0.05) is 26.4 Å². The number of likely N-dealkylation sites (N-methyl/N-ethyl adjacent to an activating group) is 1. The van der Waals surface area contributed by atoms with Crippen LogP contribution in [0.4, 0.5) is 0 Å². The first-order valence-electron chi connectivity index (χ1n) is 7.23. The number of nitrogens with zero attached hydrogens (tertiary/aromatic N) is 2. The zero-order valence-corrected chi connectivity index (χ0v) is 12.3. The van der Waals surface area contributed by atoms with Crippen molar-refractivity contribution in [2.24, 2.45) is 5.73 Å². The fraction of sp³-hybridized carbons (Fsp3) is 0.500. The van der Waals surface area contributed by atoms with E-state index in [1.165, 1.54) is 0 Å². The van der Waals surface area contributed by atoms with E-state index in [1.54, 1.807) is 30.3 Å². The van der Waals surface area contributed by atoms with Crippen LogP contribution in [-0.2, 0) is 4.74 Å². The van der Waals surface area contributed by atoms with Crippen LogP contribution in [0, 0.1) is 11.8 Å². The van der Waals surface area contributed by atoms with Crippen LogP contribution in [0.2, 0.25) is 0 Å². The van der Waals surface area contributed by atoms with Gasteiger partial charge in [-0.05, 0) is 31.4 Å². The number of ether oxygens (including phenoxy) is 1. The molecule has 1 unspecified atom stereocenters. The van der Waals surface area contributed by atoms with E-state index in [2.05, 4.69) is 16.8 Å². The Kier molecular flexibility index (Phi) is 5.73. The van der Waals surface area contributed by atoms with E-state index in [0.717, 1.165) is 25.9 Å². The number of nitrogens with two attached hydrogens (primary N) is 1. The molecule has 0 saturated carbocycles. The Morgan fingerprint density at radius 3 is 3.14 bits per heavy atom. The molecule has 0 bridgehead atoms. The molecule has 0 aliphatic carbocycles. The normalized spacial score (nSPS) is 17.7. The molecule has 1 aliphatic heterocycles. The molecule has 21 heavy (non-hydrogen) atoms. The van der Waals surface area contributed by atoms with Crippen LogP contribution >= 0.6 is 0 Å². The number of carbonyl (C=O) groups is 1. The number of hydrogen-bond donors (Lipinski definition) is 1. The van der Waals surface area contributed by atoms with Crippen molar-refractivity contribution in [2.45, 2.75) is 25.4 Å². The summed E-state index contributed by atoms with van der Waals surface area (Å²) in [7, 11) is 1.77. The maximum absolute atomic E-state index is 12.5. The van der Waals surface area contributed by atoms with Crippen molar-refractivity contribution in [1.29, 1.82) is 0 Å². The van der Waals surface area contributed by atoms with E-state index in [0.29, 0.717) is 17.8 Å². The largest absolute Gasteiger partial charge is 0.376 e. The molecule has 5 nitrogen and oxygen atoms in total. The lowest BCUT2D eigenvalue weighted by Gasteiger charge is -2.27. The lowest BCUT2D eigenvalue weighted by Crippen LogP contribution is -2.37. The first-order valence-corrected chi connectivity index (χ1v) is 7.23. The van der Waals surface area contributed by atoms with Crippen LogP contribution in [0.5, 0.6) is 0 Å². The smallest absolute Gasteiger partial charge is 0.273 e. The van der Waals surface area contributed by atoms with Gasteiger partial charge in [-0.15, -0.1) is 0 Å². The van der Waals surface area contributed by atoms with Gasteiger partial charge in [0.25, 0.3) is 5.91 Å². The molecular formula is C16H21N3O2. The third-order valence-corrected chi connectivity index (χ3v) is 3.43. The van der Waals surface area contributed by atoms with E-state index in [9.17, 15) is 4.79 Å². The highest BCUT2D eigenvalue weighted by molar-refractivity contribution is 5.94. The molecule has 1 atom stereocenters. The topological polar surface area (TPSA) is 68.5 Å². The van der Waals surface area contributed by atoms with Crippen molar-refractivity contribution in [1.82, 2.24) is 9.88 Å². The summed E-state index contributed by atoms with van der Waals surface area (Å²) < 4.78 is 5.67. The van der Waals surface area contributed by atoms with E-state index in [-0.39, 0.29) is 18.6 Å². The zero-order chi connectivity index (χ0) is 15.1. The molecule has 112 valence electrons. The van der Waals surface area contributed by atoms with Gasteiger partial charge in [-0.25, -0.2) is 4.98 Å². The minimum atomic E-state index is -0.133. The highest BCUT2D eigenvalue weighted by atomic mass is 16.5. The third-order valence-electron chi connectivity index (χ3n) is 3.43. The van der Waals surface area contributed by atoms with Gasteiger partial charge in [-0.2, -0.15) is 0 Å². The fourth-order valence-electron chi connectivity index (χ4n) is 2.34. The van der Waals surface area contributed by atoms with Crippen molar-refractivity contribution in [3.8, 4) is 11.8 Å². The highest BCUT2D eigenvalue weighted by Crippen LogP contribution is 2.15. The summed E-state index contributed by atoms with van der Waals surface area (Å²) >= 11 is 0. The van der Waals surface area contributed by atoms with Crippen molar-refractivity contribution in [3.05, 3.63) is 29.6 Å². The molecule has 1 fully saturated rings. The maximum Gasteiger partial charge on any atom is 0.273 e. The van der Waals surface area contributed by atoms with Crippen LogP contribution in [0.1, 0.15) is 35.3 Å². The number of rotatable bonds is 3. The van der Waals surface area contributed by atoms with E-state index < -0.39 is 0 Å². The second kappa shape index (κ2) is 7.77. The lowest BCUT2D eigenvalue weighted by molar-refractivity contribution is -0.000296. The molecule has 2 rings (SSSR count). The van der Waals surface area contributed by atoms with Crippen LogP contribution in [-0.4, -0.2) is 48.6 Å². The molecule has 1 aromatic heterocycles. The van der Waals surface area contributed by atoms with E-state index >= 15 is 0 Å². The maximum atomic E-state index is 12.5. The minimum absolute atomic E-state index is 0.120. The zero-order valence-electron chi connectivity index (χ0n) is 12.3. The van der Waals surface area contributed by atoms with Crippen LogP contribution in [0.15, 0.2) is 18.3 Å². The summed E-state index contributed by atoms with van der Waals surface area (Å²) in [5.41, 5.74) is 6.37. The van der Waals surface area contributed by atoms with Crippen molar-refractivity contribution in [3.63, 3.8) is 0 Å². The highest BCUT2D eigenvalue weighted by Gasteiger charge is 2.21. The average Bonchev–Trinajstić information content (AvgIpc) is 2.53. The van der Waals surface area contributed by atoms with Gasteiger partial charge in [0.15, 0.2) is 0 Å². The van der Waals surface area contributed by atoms with E-state index in [4.69, 9.17) is 10.5 Å². The molecule has 1 aromatic rings. The van der Waals surface area contributed by atoms with Gasteiger partial charge in [0.2, 0.25) is 0 Å². The Morgan fingerprint density at radius 2 is 2.43 bits per heavy atom. The summed E-state index contributed by atoms with van der Waals surface area (Å²) in [5, 5.41) is 0. The van der Waals surface area contributed by atoms with Gasteiger partial charge in [0.05, 0.1) is 18.2 Å². The van der Waals surface area contributed by atoms with E-state index in [1.807, 2.05) is 0 Å². The Morgan fingerprint density at radius 1 is 1.57 bits per heavy atom. The molecule has 0 spiro atoms. The monoisotopic (exact) mass is 287 g/mol. The number of pyridine rings is 1. The predicted molar refractivity (Wildman–Crippen MR) is 80.7 cm³/mol. The SMILES string of the molecule is CN(CC1CCCCO1)C(=O)c1ncccc1C#CCN. The fourth-order valence-corrected chi connectivity index (χ4v) is 2.34. The van der Waals surface area contributed by atoms with Gasteiger partial charge >= 0.3 is 0 Å². The average molecular weight is 287 g/mol. The van der Waals surface area contributed by atoms with Crippen LogP contribution in [0.3, 0.4) is 0 Å². The lowest BCUT2D eigenvalue weighted by atomic mass is 10.1. The van der Waals surface area contributed by atoms with Gasteiger partial charge in [-0.3, -0.25) is 4.79 Å². The first kappa shape index (κ1) is 15.5. The Balaban J connectivity index is 2.08. The summed E-state index contributed by atoms with van der Waals surface area (Å²) in [5.74, 6) is 5.53. The summed E-state index contributed by atoms with van der Waals surface area (Å²) in [4.78, 5) is 18.3. The Bertz CT molecular complexity index is 542. The molecule has 0 aromatic carbocycles. The molecule has 5 heteroatoms. The van der Waals surface area contributed by atoms with Gasteiger partial charge in [0.1, 0.15) is 5.69 Å². The molecule has 1 saturated heterocycles. The van der Waals surface area contributed by atoms with Gasteiger partial charge in [-0.1, -0.05) is 11.8 Å². The molecule has 1 amide bonds. The number of carbonyl (C=O) groups excluding carboxylic acids is 1. The van der Waals surface area contributed by atoms with Crippen molar-refractivity contribution in [2.75, 3.05) is 26.7 Å². The van der Waals surface area contributed by atoms with Crippen molar-refractivity contribution >= 4 is 5.91 Å². The van der Waals surface area contributed by atoms with Crippen LogP contribution < -0.4 is 5.73 Å². The molecule has 2 heterocycles. The third kappa shape index (κ3) is 4.28.